The van der Waals surface area contributed by atoms with Crippen LogP contribution in [0, 0.1) is 11.3 Å². The maximum atomic E-state index is 11.7. The number of Topliss-reactive ketones (excluding diaryl/α,β-unsaturated/α-hetero) is 1. The zero-order valence-corrected chi connectivity index (χ0v) is 10.7. The van der Waals surface area contributed by atoms with Gasteiger partial charge < -0.3 is 9.67 Å². The van der Waals surface area contributed by atoms with E-state index in [9.17, 15) is 9.59 Å². The minimum Gasteiger partial charge on any atom is -0.481 e. The van der Waals surface area contributed by atoms with Crippen molar-refractivity contribution < 1.29 is 14.7 Å². The van der Waals surface area contributed by atoms with E-state index in [1.165, 1.54) is 0 Å². The van der Waals surface area contributed by atoms with Crippen molar-refractivity contribution >= 4 is 11.8 Å². The lowest BCUT2D eigenvalue weighted by Gasteiger charge is -2.19. The average molecular weight is 237 g/mol. The van der Waals surface area contributed by atoms with Crippen LogP contribution in [-0.4, -0.2) is 21.4 Å². The number of hydrogen-bond donors (Lipinski definition) is 1. The molecule has 0 bridgehead atoms. The maximum Gasteiger partial charge on any atom is 0.310 e. The number of carbonyl (C=O) groups is 2. The molecule has 0 spiro atoms. The number of rotatable bonds is 5. The van der Waals surface area contributed by atoms with Gasteiger partial charge in [-0.05, 0) is 19.9 Å². The Kier molecular flexibility index (Phi) is 3.76. The zero-order valence-electron chi connectivity index (χ0n) is 10.7. The molecule has 4 nitrogen and oxygen atoms in total. The van der Waals surface area contributed by atoms with E-state index in [-0.39, 0.29) is 11.7 Å². The first kappa shape index (κ1) is 13.5. The summed E-state index contributed by atoms with van der Waals surface area (Å²) in [7, 11) is 0. The van der Waals surface area contributed by atoms with Crippen LogP contribution < -0.4 is 0 Å². The van der Waals surface area contributed by atoms with Gasteiger partial charge in [0.05, 0.1) is 5.41 Å². The molecule has 0 aromatic carbocycles. The Morgan fingerprint density at radius 2 is 2.00 bits per heavy atom. The molecule has 1 N–H and O–H groups in total. The summed E-state index contributed by atoms with van der Waals surface area (Å²) in [4.78, 5) is 22.7. The van der Waals surface area contributed by atoms with Crippen LogP contribution in [0.4, 0.5) is 0 Å². The molecule has 0 aliphatic carbocycles. The fraction of sp³-hybridized carbons (Fsp3) is 0.538. The van der Waals surface area contributed by atoms with Crippen LogP contribution in [0.15, 0.2) is 18.5 Å². The summed E-state index contributed by atoms with van der Waals surface area (Å²) in [6, 6.07) is 1.74. The molecule has 0 radical (unpaired) electrons. The molecule has 0 amide bonds. The third-order valence-corrected chi connectivity index (χ3v) is 2.72. The lowest BCUT2D eigenvalue weighted by Crippen LogP contribution is -2.28. The second-order valence-electron chi connectivity index (χ2n) is 5.28. The SMILES string of the molecule is CC(C)C(=O)c1ccn(CC(C)(C)C(=O)O)c1. The van der Waals surface area contributed by atoms with E-state index < -0.39 is 11.4 Å². The second-order valence-corrected chi connectivity index (χ2v) is 5.28. The van der Waals surface area contributed by atoms with Crippen LogP contribution in [0.1, 0.15) is 38.1 Å². The lowest BCUT2D eigenvalue weighted by molar-refractivity contribution is -0.147. The minimum absolute atomic E-state index is 0.0432. The summed E-state index contributed by atoms with van der Waals surface area (Å²) in [6.45, 7) is 7.38. The average Bonchev–Trinajstić information content (AvgIpc) is 2.63. The normalized spacial score (nSPS) is 11.8. The Bertz CT molecular complexity index is 430. The Morgan fingerprint density at radius 3 is 2.47 bits per heavy atom. The molecule has 1 aromatic heterocycles. The van der Waals surface area contributed by atoms with Gasteiger partial charge in [-0.1, -0.05) is 13.8 Å². The Morgan fingerprint density at radius 1 is 1.41 bits per heavy atom. The number of carboxylic acid groups (broad SMARTS) is 1. The van der Waals surface area contributed by atoms with Crippen LogP contribution >= 0.6 is 0 Å². The van der Waals surface area contributed by atoms with Crippen LogP contribution in [0.2, 0.25) is 0 Å². The number of hydrogen-bond acceptors (Lipinski definition) is 2. The lowest BCUT2D eigenvalue weighted by atomic mass is 9.94. The summed E-state index contributed by atoms with van der Waals surface area (Å²) in [5.74, 6) is -0.807. The van der Waals surface area contributed by atoms with Crippen LogP contribution in [0.25, 0.3) is 0 Å². The molecular weight excluding hydrogens is 218 g/mol. The molecule has 4 heteroatoms. The number of ketones is 1. The topological polar surface area (TPSA) is 59.3 Å². The first-order chi connectivity index (χ1) is 7.74. The summed E-state index contributed by atoms with van der Waals surface area (Å²) in [5, 5.41) is 9.03. The Balaban J connectivity index is 2.83. The highest BCUT2D eigenvalue weighted by Crippen LogP contribution is 2.19. The number of nitrogens with zero attached hydrogens (tertiary/aromatic N) is 1. The molecule has 0 saturated carbocycles. The van der Waals surface area contributed by atoms with Gasteiger partial charge in [-0.15, -0.1) is 0 Å². The standard InChI is InChI=1S/C13H19NO3/c1-9(2)11(15)10-5-6-14(7-10)8-13(3,4)12(16)17/h5-7,9H,8H2,1-4H3,(H,16,17). The number of aliphatic carboxylic acids is 1. The number of carbonyl (C=O) groups excluding carboxylic acids is 1. The Hall–Kier alpha value is -1.58. The van der Waals surface area contributed by atoms with E-state index in [4.69, 9.17) is 5.11 Å². The van der Waals surface area contributed by atoms with Gasteiger partial charge in [0, 0.05) is 30.4 Å². The van der Waals surface area contributed by atoms with Crippen molar-refractivity contribution in [3.63, 3.8) is 0 Å². The van der Waals surface area contributed by atoms with E-state index in [1.54, 1.807) is 36.9 Å². The third-order valence-electron chi connectivity index (χ3n) is 2.72. The summed E-state index contributed by atoms with van der Waals surface area (Å²) >= 11 is 0. The molecule has 0 atom stereocenters. The minimum atomic E-state index is -0.845. The summed E-state index contributed by atoms with van der Waals surface area (Å²) in [6.07, 6.45) is 3.47. The summed E-state index contributed by atoms with van der Waals surface area (Å²) in [5.41, 5.74) is -0.196. The molecular formula is C13H19NO3. The van der Waals surface area contributed by atoms with Gasteiger partial charge in [0.2, 0.25) is 0 Å². The van der Waals surface area contributed by atoms with Gasteiger partial charge in [-0.2, -0.15) is 0 Å². The van der Waals surface area contributed by atoms with Crippen LogP contribution in [0.3, 0.4) is 0 Å². The zero-order chi connectivity index (χ0) is 13.2. The van der Waals surface area contributed by atoms with Gasteiger partial charge in [0.1, 0.15) is 0 Å². The highest BCUT2D eigenvalue weighted by Gasteiger charge is 2.27. The molecule has 1 rings (SSSR count). The van der Waals surface area contributed by atoms with E-state index in [1.807, 2.05) is 13.8 Å². The fourth-order valence-corrected chi connectivity index (χ4v) is 1.54. The smallest absolute Gasteiger partial charge is 0.310 e. The molecule has 1 heterocycles. The van der Waals surface area contributed by atoms with Crippen molar-refractivity contribution in [3.8, 4) is 0 Å². The van der Waals surface area contributed by atoms with E-state index in [0.717, 1.165) is 0 Å². The molecule has 0 saturated heterocycles. The predicted molar refractivity (Wildman–Crippen MR) is 65.0 cm³/mol. The van der Waals surface area contributed by atoms with Crippen molar-refractivity contribution in [1.29, 1.82) is 0 Å². The van der Waals surface area contributed by atoms with Gasteiger partial charge in [-0.3, -0.25) is 9.59 Å². The number of aromatic nitrogens is 1. The first-order valence-electron chi connectivity index (χ1n) is 5.67. The van der Waals surface area contributed by atoms with Crippen LogP contribution in [0.5, 0.6) is 0 Å². The van der Waals surface area contributed by atoms with Gasteiger partial charge >= 0.3 is 5.97 Å². The highest BCUT2D eigenvalue weighted by atomic mass is 16.4. The largest absolute Gasteiger partial charge is 0.481 e. The highest BCUT2D eigenvalue weighted by molar-refractivity contribution is 5.97. The second kappa shape index (κ2) is 4.73. The van der Waals surface area contributed by atoms with Gasteiger partial charge in [0.25, 0.3) is 0 Å². The monoisotopic (exact) mass is 237 g/mol. The van der Waals surface area contributed by atoms with Crippen molar-refractivity contribution in [1.82, 2.24) is 4.57 Å². The van der Waals surface area contributed by atoms with Crippen molar-refractivity contribution in [2.45, 2.75) is 34.2 Å². The molecule has 0 aliphatic heterocycles. The quantitative estimate of drug-likeness (QED) is 0.800. The molecule has 0 unspecified atom stereocenters. The fourth-order valence-electron chi connectivity index (χ4n) is 1.54. The molecule has 0 aliphatic rings. The van der Waals surface area contributed by atoms with Crippen molar-refractivity contribution in [3.05, 3.63) is 24.0 Å². The van der Waals surface area contributed by atoms with E-state index >= 15 is 0 Å². The molecule has 94 valence electrons. The third kappa shape index (κ3) is 3.19. The number of carboxylic acids is 1. The van der Waals surface area contributed by atoms with Crippen molar-refractivity contribution in [2.24, 2.45) is 11.3 Å². The molecule has 17 heavy (non-hydrogen) atoms. The van der Waals surface area contributed by atoms with E-state index in [0.29, 0.717) is 12.1 Å². The molecule has 1 aromatic rings. The van der Waals surface area contributed by atoms with Gasteiger partial charge in [-0.25, -0.2) is 0 Å². The maximum absolute atomic E-state index is 11.7. The van der Waals surface area contributed by atoms with E-state index in [2.05, 4.69) is 0 Å². The Labute approximate surface area is 101 Å². The van der Waals surface area contributed by atoms with Crippen LogP contribution in [-0.2, 0) is 11.3 Å². The van der Waals surface area contributed by atoms with Crippen molar-refractivity contribution in [2.75, 3.05) is 0 Å². The molecule has 0 fully saturated rings. The first-order valence-corrected chi connectivity index (χ1v) is 5.67. The predicted octanol–water partition coefficient (Wildman–Crippen LogP) is 2.44. The summed E-state index contributed by atoms with van der Waals surface area (Å²) < 4.78 is 1.75. The van der Waals surface area contributed by atoms with Gasteiger partial charge in [0.15, 0.2) is 5.78 Å².